The first-order valence-electron chi connectivity index (χ1n) is 15.4. The van der Waals surface area contributed by atoms with E-state index in [1.165, 1.54) is 114 Å². The zero-order chi connectivity index (χ0) is 25.5. The van der Waals surface area contributed by atoms with E-state index < -0.39 is 0 Å². The third-order valence-corrected chi connectivity index (χ3v) is 8.22. The molecule has 1 fully saturated rings. The molecule has 1 aliphatic carbocycles. The van der Waals surface area contributed by atoms with Gasteiger partial charge < -0.3 is 4.74 Å². The van der Waals surface area contributed by atoms with Crippen LogP contribution in [0.25, 0.3) is 22.2 Å². The van der Waals surface area contributed by atoms with Crippen LogP contribution in [0.4, 0.5) is 0 Å². The summed E-state index contributed by atoms with van der Waals surface area (Å²) in [6, 6.07) is 19.6. The van der Waals surface area contributed by atoms with Crippen molar-refractivity contribution < 1.29 is 4.74 Å². The van der Waals surface area contributed by atoms with Crippen LogP contribution in [0.5, 0.6) is 5.75 Å². The molecule has 0 spiro atoms. The first-order valence-corrected chi connectivity index (χ1v) is 15.4. The Morgan fingerprint density at radius 1 is 0.730 bits per heavy atom. The van der Waals surface area contributed by atoms with Crippen LogP contribution in [0.3, 0.4) is 0 Å². The lowest BCUT2D eigenvalue weighted by atomic mass is 9.99. The Hall–Kier alpha value is -2.35. The summed E-state index contributed by atoms with van der Waals surface area (Å²) < 4.78 is 6.01. The molecule has 2 heteroatoms. The highest BCUT2D eigenvalue weighted by Crippen LogP contribution is 2.29. The molecular formula is C35H49NO. The summed E-state index contributed by atoms with van der Waals surface area (Å²) in [6.45, 7) is 3.09. The van der Waals surface area contributed by atoms with Crippen LogP contribution in [-0.4, -0.2) is 11.6 Å². The van der Waals surface area contributed by atoms with E-state index in [0.29, 0.717) is 0 Å². The molecule has 1 aromatic heterocycles. The van der Waals surface area contributed by atoms with Crippen molar-refractivity contribution in [2.45, 2.75) is 116 Å². The number of aromatic nitrogens is 1. The van der Waals surface area contributed by atoms with Crippen molar-refractivity contribution in [1.29, 1.82) is 0 Å². The molecule has 0 atom stereocenters. The number of benzene rings is 2. The van der Waals surface area contributed by atoms with Crippen LogP contribution in [0.1, 0.15) is 115 Å². The highest BCUT2D eigenvalue weighted by atomic mass is 16.5. The summed E-state index contributed by atoms with van der Waals surface area (Å²) in [7, 11) is 0. The second kappa shape index (κ2) is 15.8. The number of rotatable bonds is 17. The smallest absolute Gasteiger partial charge is 0.119 e. The maximum atomic E-state index is 6.01. The van der Waals surface area contributed by atoms with E-state index >= 15 is 0 Å². The lowest BCUT2D eigenvalue weighted by Gasteiger charge is -2.09. The SMILES string of the molecule is CCCCCCCCc1ccc2nc(-c3ccc(OCCCCCCCC4CCCC4)cc3)ccc2c1. The van der Waals surface area contributed by atoms with Gasteiger partial charge in [-0.25, -0.2) is 4.98 Å². The van der Waals surface area contributed by atoms with Gasteiger partial charge in [0.05, 0.1) is 17.8 Å². The Kier molecular flexibility index (Phi) is 11.8. The highest BCUT2D eigenvalue weighted by Gasteiger charge is 2.13. The van der Waals surface area contributed by atoms with E-state index in [1.54, 1.807) is 0 Å². The Morgan fingerprint density at radius 3 is 2.27 bits per heavy atom. The molecule has 4 rings (SSSR count). The fraction of sp³-hybridized carbons (Fsp3) is 0.571. The summed E-state index contributed by atoms with van der Waals surface area (Å²) in [4.78, 5) is 4.94. The molecule has 0 N–H and O–H groups in total. The monoisotopic (exact) mass is 499 g/mol. The summed E-state index contributed by atoms with van der Waals surface area (Å²) in [5.74, 6) is 2.01. The van der Waals surface area contributed by atoms with Crippen LogP contribution < -0.4 is 4.74 Å². The average molecular weight is 500 g/mol. The molecule has 0 bridgehead atoms. The van der Waals surface area contributed by atoms with E-state index in [9.17, 15) is 0 Å². The normalized spacial score (nSPS) is 14.0. The molecule has 0 radical (unpaired) electrons. The molecule has 1 aliphatic rings. The molecule has 3 aromatic rings. The maximum Gasteiger partial charge on any atom is 0.119 e. The van der Waals surface area contributed by atoms with Crippen molar-refractivity contribution in [1.82, 2.24) is 4.98 Å². The fourth-order valence-corrected chi connectivity index (χ4v) is 5.88. The largest absolute Gasteiger partial charge is 0.494 e. The van der Waals surface area contributed by atoms with Crippen LogP contribution >= 0.6 is 0 Å². The van der Waals surface area contributed by atoms with Crippen LogP contribution in [0.2, 0.25) is 0 Å². The number of ether oxygens (including phenoxy) is 1. The van der Waals surface area contributed by atoms with E-state index in [-0.39, 0.29) is 0 Å². The first kappa shape index (κ1) is 27.7. The minimum Gasteiger partial charge on any atom is -0.494 e. The number of nitrogens with zero attached hydrogens (tertiary/aromatic N) is 1. The molecule has 1 saturated carbocycles. The van der Waals surface area contributed by atoms with E-state index in [2.05, 4.69) is 61.5 Å². The minimum absolute atomic E-state index is 0.817. The molecular weight excluding hydrogens is 450 g/mol. The quantitative estimate of drug-likeness (QED) is 0.172. The number of unbranched alkanes of at least 4 members (excludes halogenated alkanes) is 9. The lowest BCUT2D eigenvalue weighted by molar-refractivity contribution is 0.304. The van der Waals surface area contributed by atoms with Crippen molar-refractivity contribution in [2.75, 3.05) is 6.61 Å². The molecule has 0 amide bonds. The van der Waals surface area contributed by atoms with Gasteiger partial charge in [-0.15, -0.1) is 0 Å². The van der Waals surface area contributed by atoms with Gasteiger partial charge in [0.2, 0.25) is 0 Å². The number of hydrogen-bond acceptors (Lipinski definition) is 2. The van der Waals surface area contributed by atoms with Crippen LogP contribution in [0.15, 0.2) is 54.6 Å². The van der Waals surface area contributed by atoms with Gasteiger partial charge in [-0.1, -0.05) is 109 Å². The third-order valence-electron chi connectivity index (χ3n) is 8.22. The zero-order valence-corrected chi connectivity index (χ0v) is 23.4. The Balaban J connectivity index is 1.16. The lowest BCUT2D eigenvalue weighted by Crippen LogP contribution is -1.97. The van der Waals surface area contributed by atoms with Crippen molar-refractivity contribution >= 4 is 10.9 Å². The molecule has 2 aromatic carbocycles. The molecule has 1 heterocycles. The van der Waals surface area contributed by atoms with Crippen molar-refractivity contribution in [3.63, 3.8) is 0 Å². The summed E-state index contributed by atoms with van der Waals surface area (Å²) >= 11 is 0. The second-order valence-corrected chi connectivity index (χ2v) is 11.3. The Bertz CT molecular complexity index is 1030. The first-order chi connectivity index (χ1) is 18.3. The molecule has 37 heavy (non-hydrogen) atoms. The molecule has 0 aliphatic heterocycles. The number of fused-ring (bicyclic) bond motifs is 1. The highest BCUT2D eigenvalue weighted by molar-refractivity contribution is 5.82. The van der Waals surface area contributed by atoms with Crippen molar-refractivity contribution in [2.24, 2.45) is 5.92 Å². The van der Waals surface area contributed by atoms with E-state index in [0.717, 1.165) is 41.5 Å². The van der Waals surface area contributed by atoms with Crippen molar-refractivity contribution in [3.05, 3.63) is 60.2 Å². The molecule has 0 unspecified atom stereocenters. The predicted octanol–water partition coefficient (Wildman–Crippen LogP) is 10.7. The molecule has 0 saturated heterocycles. The summed E-state index contributed by atoms with van der Waals surface area (Å²) in [5.41, 5.74) is 4.68. The maximum absolute atomic E-state index is 6.01. The predicted molar refractivity (Wildman–Crippen MR) is 159 cm³/mol. The molecule has 200 valence electrons. The average Bonchev–Trinajstić information content (AvgIpc) is 3.46. The van der Waals surface area contributed by atoms with Gasteiger partial charge in [-0.05, 0) is 73.2 Å². The van der Waals surface area contributed by atoms with E-state index in [4.69, 9.17) is 9.72 Å². The standard InChI is InChI=1S/C35H49NO/c1-2-3-4-5-7-11-18-30-19-25-35-32(28-30)22-26-34(36-35)31-20-23-33(24-21-31)37-27-14-9-6-8-10-15-29-16-12-13-17-29/h19-26,28-29H,2-18,27H2,1H3. The summed E-state index contributed by atoms with van der Waals surface area (Å²) in [5, 5.41) is 1.24. The van der Waals surface area contributed by atoms with Gasteiger partial charge >= 0.3 is 0 Å². The van der Waals surface area contributed by atoms with Gasteiger partial charge in [0.15, 0.2) is 0 Å². The Labute approximate surface area is 226 Å². The fourth-order valence-electron chi connectivity index (χ4n) is 5.88. The van der Waals surface area contributed by atoms with Crippen LogP contribution in [-0.2, 0) is 6.42 Å². The van der Waals surface area contributed by atoms with Gasteiger partial charge in [-0.3, -0.25) is 0 Å². The number of hydrogen-bond donors (Lipinski definition) is 0. The topological polar surface area (TPSA) is 22.1 Å². The van der Waals surface area contributed by atoms with E-state index in [1.807, 2.05) is 0 Å². The number of pyridine rings is 1. The van der Waals surface area contributed by atoms with Gasteiger partial charge in [-0.2, -0.15) is 0 Å². The van der Waals surface area contributed by atoms with Crippen molar-refractivity contribution in [3.8, 4) is 17.0 Å². The van der Waals surface area contributed by atoms with Gasteiger partial charge in [0.25, 0.3) is 0 Å². The van der Waals surface area contributed by atoms with Gasteiger partial charge in [0, 0.05) is 10.9 Å². The summed E-state index contributed by atoms with van der Waals surface area (Å²) in [6.07, 6.45) is 23.2. The minimum atomic E-state index is 0.817. The zero-order valence-electron chi connectivity index (χ0n) is 23.4. The van der Waals surface area contributed by atoms with Crippen LogP contribution in [0, 0.1) is 5.92 Å². The third kappa shape index (κ3) is 9.47. The molecule has 2 nitrogen and oxygen atoms in total. The second-order valence-electron chi connectivity index (χ2n) is 11.3. The Morgan fingerprint density at radius 2 is 1.46 bits per heavy atom. The van der Waals surface area contributed by atoms with Gasteiger partial charge in [0.1, 0.15) is 5.75 Å². The number of aryl methyl sites for hydroxylation is 1.